The molecule has 4 rings (SSSR count). The predicted octanol–water partition coefficient (Wildman–Crippen LogP) is 4.89. The summed E-state index contributed by atoms with van der Waals surface area (Å²) in [5, 5.41) is 12.2. The van der Waals surface area contributed by atoms with Gasteiger partial charge in [0.2, 0.25) is 0 Å². The Hall–Kier alpha value is -1.31. The van der Waals surface area contributed by atoms with Gasteiger partial charge in [-0.25, -0.2) is 0 Å². The second-order valence-electron chi connectivity index (χ2n) is 8.66. The molecule has 27 heavy (non-hydrogen) atoms. The first-order valence-electron chi connectivity index (χ1n) is 10.7. The van der Waals surface area contributed by atoms with Crippen LogP contribution in [0.4, 0.5) is 0 Å². The molecule has 1 aliphatic heterocycles. The van der Waals surface area contributed by atoms with Gasteiger partial charge < -0.3 is 15.0 Å². The fourth-order valence-corrected chi connectivity index (χ4v) is 5.20. The van der Waals surface area contributed by atoms with Crippen LogP contribution in [0.15, 0.2) is 25.9 Å². The number of nitrogens with zero attached hydrogens (tertiary/aromatic N) is 2. The fourth-order valence-electron chi connectivity index (χ4n) is 5.20. The van der Waals surface area contributed by atoms with E-state index in [0.717, 1.165) is 37.8 Å². The van der Waals surface area contributed by atoms with Crippen molar-refractivity contribution in [3.8, 4) is 6.07 Å². The van der Waals surface area contributed by atoms with E-state index >= 15 is 0 Å². The summed E-state index contributed by atoms with van der Waals surface area (Å²) in [6.45, 7) is 16.4. The largest absolute Gasteiger partial charge is 0.375 e. The molecule has 4 aliphatic rings. The number of hydrogen-bond donors (Lipinski definition) is 1. The van der Waals surface area contributed by atoms with E-state index in [1.165, 1.54) is 38.5 Å². The smallest absolute Gasteiger partial charge is 0.116 e. The van der Waals surface area contributed by atoms with Gasteiger partial charge in [0.05, 0.1) is 18.3 Å². The Morgan fingerprint density at radius 2 is 1.85 bits per heavy atom. The lowest BCUT2D eigenvalue weighted by molar-refractivity contribution is 0.0375. The molecule has 1 heterocycles. The van der Waals surface area contributed by atoms with Crippen LogP contribution < -0.4 is 5.32 Å². The van der Waals surface area contributed by atoms with Crippen LogP contribution in [-0.2, 0) is 4.74 Å². The van der Waals surface area contributed by atoms with Crippen molar-refractivity contribution in [3.63, 3.8) is 0 Å². The molecule has 0 bridgehead atoms. The van der Waals surface area contributed by atoms with Gasteiger partial charge in [0.15, 0.2) is 0 Å². The number of fused-ring (bicyclic) bond motifs is 1. The highest BCUT2D eigenvalue weighted by molar-refractivity contribution is 5.02. The minimum Gasteiger partial charge on any atom is -0.375 e. The molecule has 1 saturated heterocycles. The molecule has 3 aliphatic carbocycles. The van der Waals surface area contributed by atoms with Crippen molar-refractivity contribution in [2.75, 3.05) is 13.1 Å². The van der Waals surface area contributed by atoms with E-state index in [2.05, 4.69) is 45.0 Å². The average Bonchev–Trinajstić information content (AvgIpc) is 3.09. The molecule has 3 saturated carbocycles. The molecule has 5 atom stereocenters. The van der Waals surface area contributed by atoms with Crippen molar-refractivity contribution in [1.82, 2.24) is 10.2 Å². The topological polar surface area (TPSA) is 48.3 Å². The van der Waals surface area contributed by atoms with E-state index in [9.17, 15) is 0 Å². The molecule has 3 unspecified atom stereocenters. The highest BCUT2D eigenvalue weighted by atomic mass is 16.5. The predicted molar refractivity (Wildman–Crippen MR) is 114 cm³/mol. The van der Waals surface area contributed by atoms with Crippen LogP contribution in [0.2, 0.25) is 0 Å². The standard InChI is InChI=1S/C14H25NO.C7H10N2.C2H4.H2/c1-3-15-14(2)8-10-6-13(7-11(10)9-14)16-12-4-5-12;1-2-9-5-3-4-7(9)6-8;1-2;/h10-13,15H,3-9H2,1-2H3;2,7H,1,3-5H2;1-2H2;1H/t10-,11+,13?,14?;;;. The van der Waals surface area contributed by atoms with Gasteiger partial charge in [-0.1, -0.05) is 13.5 Å². The van der Waals surface area contributed by atoms with Crippen molar-refractivity contribution in [3.05, 3.63) is 25.9 Å². The SMILES string of the molecule is C=C.C=CN1CCCC1C#N.CCNC1(C)C[C@H]2CC(OC3CC3)C[C@H]2C1.[HH]. The zero-order valence-electron chi connectivity index (χ0n) is 17.5. The summed E-state index contributed by atoms with van der Waals surface area (Å²) in [5.41, 5.74) is 0.425. The van der Waals surface area contributed by atoms with Crippen LogP contribution in [0.1, 0.15) is 66.6 Å². The summed E-state index contributed by atoms with van der Waals surface area (Å²) in [4.78, 5) is 1.99. The fraction of sp³-hybridized carbons (Fsp3) is 0.783. The summed E-state index contributed by atoms with van der Waals surface area (Å²) in [5.74, 6) is 1.88. The van der Waals surface area contributed by atoms with Crippen LogP contribution in [0.5, 0.6) is 0 Å². The van der Waals surface area contributed by atoms with Crippen molar-refractivity contribution in [1.29, 1.82) is 5.26 Å². The van der Waals surface area contributed by atoms with Gasteiger partial charge in [-0.3, -0.25) is 0 Å². The second kappa shape index (κ2) is 10.3. The van der Waals surface area contributed by atoms with E-state index < -0.39 is 0 Å². The quantitative estimate of drug-likeness (QED) is 0.695. The highest BCUT2D eigenvalue weighted by Gasteiger charge is 2.47. The van der Waals surface area contributed by atoms with Crippen molar-refractivity contribution >= 4 is 0 Å². The zero-order valence-corrected chi connectivity index (χ0v) is 17.5. The van der Waals surface area contributed by atoms with E-state index in [4.69, 9.17) is 10.00 Å². The number of hydrogen-bond acceptors (Lipinski definition) is 4. The molecule has 0 amide bonds. The Balaban J connectivity index is 0.000000282. The maximum absolute atomic E-state index is 8.53. The Morgan fingerprint density at radius 3 is 2.30 bits per heavy atom. The molecule has 4 fully saturated rings. The molecule has 0 radical (unpaired) electrons. The molecule has 0 spiro atoms. The minimum absolute atomic E-state index is 0. The lowest BCUT2D eigenvalue weighted by atomic mass is 9.96. The molecule has 0 aromatic heterocycles. The summed E-state index contributed by atoms with van der Waals surface area (Å²) >= 11 is 0. The van der Waals surface area contributed by atoms with Gasteiger partial charge in [0.1, 0.15) is 6.04 Å². The number of nitrogens with one attached hydrogen (secondary N) is 1. The van der Waals surface area contributed by atoms with Gasteiger partial charge in [-0.05, 0) is 82.9 Å². The molecular weight excluding hydrogens is 334 g/mol. The third-order valence-corrected chi connectivity index (χ3v) is 6.41. The third-order valence-electron chi connectivity index (χ3n) is 6.41. The minimum atomic E-state index is 0. The van der Waals surface area contributed by atoms with Crippen molar-refractivity contribution in [2.24, 2.45) is 11.8 Å². The number of rotatable bonds is 5. The monoisotopic (exact) mass is 375 g/mol. The summed E-state index contributed by atoms with van der Waals surface area (Å²) < 4.78 is 6.07. The number of nitriles is 1. The van der Waals surface area contributed by atoms with Crippen LogP contribution in [0.3, 0.4) is 0 Å². The maximum Gasteiger partial charge on any atom is 0.116 e. The summed E-state index contributed by atoms with van der Waals surface area (Å²) in [6.07, 6.45) is 13.2. The second-order valence-corrected chi connectivity index (χ2v) is 8.66. The van der Waals surface area contributed by atoms with Crippen molar-refractivity contribution in [2.45, 2.75) is 89.0 Å². The lowest BCUT2D eigenvalue weighted by Crippen LogP contribution is -2.40. The van der Waals surface area contributed by atoms with E-state index in [-0.39, 0.29) is 7.47 Å². The van der Waals surface area contributed by atoms with E-state index in [0.29, 0.717) is 17.7 Å². The molecule has 154 valence electrons. The maximum atomic E-state index is 8.53. The average molecular weight is 376 g/mol. The Labute approximate surface area is 168 Å². The molecular formula is C23H41N3O. The molecule has 4 heteroatoms. The first-order valence-corrected chi connectivity index (χ1v) is 10.7. The number of ether oxygens (including phenoxy) is 1. The molecule has 0 aromatic rings. The molecule has 4 nitrogen and oxygen atoms in total. The Kier molecular flexibility index (Phi) is 8.38. The Bertz CT molecular complexity index is 502. The first-order chi connectivity index (χ1) is 13.1. The normalized spacial score (nSPS) is 36.7. The van der Waals surface area contributed by atoms with Crippen LogP contribution in [-0.4, -0.2) is 41.8 Å². The van der Waals surface area contributed by atoms with Crippen LogP contribution in [0.25, 0.3) is 0 Å². The van der Waals surface area contributed by atoms with Gasteiger partial charge in [0, 0.05) is 13.5 Å². The molecule has 0 aromatic carbocycles. The van der Waals surface area contributed by atoms with Gasteiger partial charge in [-0.15, -0.1) is 13.2 Å². The van der Waals surface area contributed by atoms with E-state index in [1.54, 1.807) is 6.20 Å². The van der Waals surface area contributed by atoms with Gasteiger partial charge >= 0.3 is 0 Å². The Morgan fingerprint density at radius 1 is 1.22 bits per heavy atom. The van der Waals surface area contributed by atoms with Gasteiger partial charge in [-0.2, -0.15) is 5.26 Å². The lowest BCUT2D eigenvalue weighted by Gasteiger charge is -2.27. The summed E-state index contributed by atoms with van der Waals surface area (Å²) in [6, 6.07) is 2.32. The third kappa shape index (κ3) is 6.09. The molecule has 1 N–H and O–H groups in total. The number of likely N-dealkylation sites (tertiary alicyclic amines) is 1. The van der Waals surface area contributed by atoms with Crippen LogP contribution in [0, 0.1) is 23.2 Å². The zero-order chi connectivity index (χ0) is 19.9. The van der Waals surface area contributed by atoms with Gasteiger partial charge in [0.25, 0.3) is 0 Å². The van der Waals surface area contributed by atoms with Crippen LogP contribution >= 0.6 is 0 Å². The highest BCUT2D eigenvalue weighted by Crippen LogP contribution is 2.50. The first kappa shape index (κ1) is 22.0. The van der Waals surface area contributed by atoms with E-state index in [1.807, 2.05) is 4.90 Å². The summed E-state index contributed by atoms with van der Waals surface area (Å²) in [7, 11) is 0. The van der Waals surface area contributed by atoms with Crippen molar-refractivity contribution < 1.29 is 6.16 Å².